The molecule has 0 radical (unpaired) electrons. The number of rotatable bonds is 18. The van der Waals surface area contributed by atoms with Crippen molar-refractivity contribution in [3.8, 4) is 17.6 Å². The Morgan fingerprint density at radius 2 is 1.25 bits per heavy atom. The van der Waals surface area contributed by atoms with Crippen molar-refractivity contribution in [3.05, 3.63) is 95.6 Å². The standard InChI is InChI=1S/C36H49N2O5P/c1-27(2)25-35(43-44(42-24-12-23-37)38(28(3)4)29(5)6)26-41-36(30-13-10-9-11-14-30,31-15-19-33(39-7)20-16-31)32-17-21-34(40-8)22-18-32/h9-11,13-22,27-29,35H,12,24-26H2,1-8H3/t35-,44?/m1/s1. The van der Waals surface area contributed by atoms with Gasteiger partial charge in [-0.2, -0.15) is 5.26 Å². The summed E-state index contributed by atoms with van der Waals surface area (Å²) in [6.07, 6.45) is 0.826. The van der Waals surface area contributed by atoms with Crippen LogP contribution in [-0.2, 0) is 19.4 Å². The van der Waals surface area contributed by atoms with Crippen LogP contribution >= 0.6 is 8.53 Å². The molecule has 238 valence electrons. The predicted molar refractivity (Wildman–Crippen MR) is 178 cm³/mol. The summed E-state index contributed by atoms with van der Waals surface area (Å²) < 4.78 is 33.6. The first-order valence-electron chi connectivity index (χ1n) is 15.4. The molecule has 0 fully saturated rings. The third kappa shape index (κ3) is 9.27. The highest BCUT2D eigenvalue weighted by atomic mass is 31.2. The summed E-state index contributed by atoms with van der Waals surface area (Å²) in [5.74, 6) is 1.90. The molecule has 0 aromatic heterocycles. The second-order valence-corrected chi connectivity index (χ2v) is 13.1. The highest BCUT2D eigenvalue weighted by Crippen LogP contribution is 2.49. The summed E-state index contributed by atoms with van der Waals surface area (Å²) in [7, 11) is 1.90. The molecule has 0 aliphatic heterocycles. The largest absolute Gasteiger partial charge is 0.497 e. The van der Waals surface area contributed by atoms with Crippen molar-refractivity contribution in [1.29, 1.82) is 5.26 Å². The zero-order chi connectivity index (χ0) is 32.1. The first-order chi connectivity index (χ1) is 21.2. The van der Waals surface area contributed by atoms with Crippen LogP contribution in [0.2, 0.25) is 0 Å². The van der Waals surface area contributed by atoms with E-state index in [9.17, 15) is 5.26 Å². The van der Waals surface area contributed by atoms with Gasteiger partial charge in [0.2, 0.25) is 0 Å². The second kappa shape index (κ2) is 17.5. The van der Waals surface area contributed by atoms with E-state index in [0.717, 1.165) is 34.6 Å². The summed E-state index contributed by atoms with van der Waals surface area (Å²) in [4.78, 5) is 0. The first-order valence-corrected chi connectivity index (χ1v) is 16.5. The Morgan fingerprint density at radius 3 is 1.68 bits per heavy atom. The van der Waals surface area contributed by atoms with Gasteiger partial charge in [-0.25, -0.2) is 4.67 Å². The van der Waals surface area contributed by atoms with Crippen LogP contribution in [0.3, 0.4) is 0 Å². The number of methoxy groups -OCH3 is 2. The van der Waals surface area contributed by atoms with Crippen molar-refractivity contribution >= 4 is 8.53 Å². The SMILES string of the molecule is COc1ccc(C(OC[C@@H](CC(C)C)OP(OCCC#N)N(C(C)C)C(C)C)(c2ccccc2)c2ccc(OC)cc2)cc1. The molecule has 1 unspecified atom stereocenters. The molecule has 0 heterocycles. The van der Waals surface area contributed by atoms with E-state index in [1.807, 2.05) is 42.5 Å². The van der Waals surface area contributed by atoms with Gasteiger partial charge in [0.1, 0.15) is 17.1 Å². The number of benzene rings is 3. The van der Waals surface area contributed by atoms with E-state index in [1.165, 1.54) is 0 Å². The van der Waals surface area contributed by atoms with Crippen LogP contribution in [0, 0.1) is 17.2 Å². The zero-order valence-electron chi connectivity index (χ0n) is 27.5. The maximum atomic E-state index is 9.19. The lowest BCUT2D eigenvalue weighted by atomic mass is 9.80. The Kier molecular flexibility index (Phi) is 14.1. The van der Waals surface area contributed by atoms with Crippen molar-refractivity contribution in [2.75, 3.05) is 27.4 Å². The summed E-state index contributed by atoms with van der Waals surface area (Å²) >= 11 is 0. The molecule has 0 spiro atoms. The van der Waals surface area contributed by atoms with Crippen molar-refractivity contribution < 1.29 is 23.3 Å². The van der Waals surface area contributed by atoms with Gasteiger partial charge in [-0.05, 0) is 81.0 Å². The van der Waals surface area contributed by atoms with Gasteiger partial charge in [-0.3, -0.25) is 0 Å². The van der Waals surface area contributed by atoms with Gasteiger partial charge in [0.05, 0.1) is 46.0 Å². The van der Waals surface area contributed by atoms with E-state index >= 15 is 0 Å². The number of ether oxygens (including phenoxy) is 3. The molecule has 8 heteroatoms. The third-order valence-electron chi connectivity index (χ3n) is 7.29. The maximum Gasteiger partial charge on any atom is 0.259 e. The smallest absolute Gasteiger partial charge is 0.259 e. The van der Waals surface area contributed by atoms with Gasteiger partial charge in [-0.1, -0.05) is 68.4 Å². The van der Waals surface area contributed by atoms with Crippen molar-refractivity contribution in [2.24, 2.45) is 5.92 Å². The summed E-state index contributed by atoms with van der Waals surface area (Å²) in [6, 6.07) is 29.0. The molecule has 44 heavy (non-hydrogen) atoms. The fraction of sp³-hybridized carbons (Fsp3) is 0.472. The van der Waals surface area contributed by atoms with E-state index < -0.39 is 14.1 Å². The average molecular weight is 621 g/mol. The number of hydrogen-bond donors (Lipinski definition) is 0. The Balaban J connectivity index is 2.11. The minimum Gasteiger partial charge on any atom is -0.497 e. The van der Waals surface area contributed by atoms with Gasteiger partial charge in [0, 0.05) is 12.1 Å². The molecule has 0 aliphatic rings. The Bertz CT molecular complexity index is 1220. The molecule has 0 amide bonds. The second-order valence-electron chi connectivity index (χ2n) is 11.7. The van der Waals surface area contributed by atoms with Crippen LogP contribution < -0.4 is 9.47 Å². The molecule has 3 rings (SSSR count). The van der Waals surface area contributed by atoms with Gasteiger partial charge >= 0.3 is 0 Å². The van der Waals surface area contributed by atoms with Crippen molar-refractivity contribution in [3.63, 3.8) is 0 Å². The van der Waals surface area contributed by atoms with Crippen molar-refractivity contribution in [1.82, 2.24) is 4.67 Å². The van der Waals surface area contributed by atoms with Gasteiger partial charge in [0.15, 0.2) is 0 Å². The summed E-state index contributed by atoms with van der Waals surface area (Å²) in [6.45, 7) is 13.6. The molecule has 2 atom stereocenters. The van der Waals surface area contributed by atoms with Crippen molar-refractivity contribution in [2.45, 2.75) is 78.2 Å². The van der Waals surface area contributed by atoms with Gasteiger partial charge in [-0.15, -0.1) is 0 Å². The summed E-state index contributed by atoms with van der Waals surface area (Å²) in [5.41, 5.74) is 1.99. The van der Waals surface area contributed by atoms with E-state index in [4.69, 9.17) is 23.3 Å². The van der Waals surface area contributed by atoms with Crippen LogP contribution in [0.15, 0.2) is 78.9 Å². The third-order valence-corrected chi connectivity index (χ3v) is 9.48. The van der Waals surface area contributed by atoms with Crippen LogP contribution in [0.5, 0.6) is 11.5 Å². The minimum absolute atomic E-state index is 0.200. The van der Waals surface area contributed by atoms with E-state index in [1.54, 1.807) is 14.2 Å². The molecule has 3 aromatic rings. The number of nitriles is 1. The predicted octanol–water partition coefficient (Wildman–Crippen LogP) is 8.72. The quantitative estimate of drug-likeness (QED) is 0.0800. The lowest BCUT2D eigenvalue weighted by molar-refractivity contribution is -0.0390. The lowest BCUT2D eigenvalue weighted by Gasteiger charge is -2.40. The Labute approximate surface area is 266 Å². The van der Waals surface area contributed by atoms with Gasteiger partial charge < -0.3 is 23.3 Å². The Hall–Kier alpha value is -2.98. The number of hydrogen-bond acceptors (Lipinski definition) is 7. The molecular weight excluding hydrogens is 571 g/mol. The molecule has 7 nitrogen and oxygen atoms in total. The van der Waals surface area contributed by atoms with Crippen LogP contribution in [0.1, 0.15) is 71.1 Å². The van der Waals surface area contributed by atoms with E-state index in [2.05, 4.69) is 88.7 Å². The molecule has 0 N–H and O–H groups in total. The molecule has 3 aromatic carbocycles. The average Bonchev–Trinajstić information content (AvgIpc) is 3.01. The monoisotopic (exact) mass is 620 g/mol. The van der Waals surface area contributed by atoms with Crippen LogP contribution in [0.25, 0.3) is 0 Å². The normalized spacial score (nSPS) is 13.3. The molecular formula is C36H49N2O5P. The van der Waals surface area contributed by atoms with Crippen LogP contribution in [0.4, 0.5) is 0 Å². The number of nitrogens with zero attached hydrogens (tertiary/aromatic N) is 2. The summed E-state index contributed by atoms with van der Waals surface area (Å²) in [5, 5.41) is 9.19. The topological polar surface area (TPSA) is 73.2 Å². The fourth-order valence-electron chi connectivity index (χ4n) is 5.38. The zero-order valence-corrected chi connectivity index (χ0v) is 28.4. The molecule has 0 bridgehead atoms. The first kappa shape index (κ1) is 35.5. The molecule has 0 saturated heterocycles. The highest BCUT2D eigenvalue weighted by Gasteiger charge is 2.39. The maximum absolute atomic E-state index is 9.19. The molecule has 0 saturated carbocycles. The lowest BCUT2D eigenvalue weighted by Crippen LogP contribution is -2.38. The fourth-order valence-corrected chi connectivity index (χ4v) is 7.09. The van der Waals surface area contributed by atoms with Gasteiger partial charge in [0.25, 0.3) is 8.53 Å². The minimum atomic E-state index is -1.44. The Morgan fingerprint density at radius 1 is 0.750 bits per heavy atom. The highest BCUT2D eigenvalue weighted by molar-refractivity contribution is 7.44. The van der Waals surface area contributed by atoms with E-state index in [0.29, 0.717) is 25.6 Å². The van der Waals surface area contributed by atoms with Crippen LogP contribution in [-0.4, -0.2) is 50.3 Å². The molecule has 0 aliphatic carbocycles. The van der Waals surface area contributed by atoms with E-state index in [-0.39, 0.29) is 18.2 Å².